The molecule has 1 aliphatic rings. The average molecular weight is 203 g/mol. The van der Waals surface area contributed by atoms with E-state index in [9.17, 15) is 19.9 Å². The largest absolute Gasteiger partial charge is 0.479 e. The third-order valence-corrected chi connectivity index (χ3v) is 2.76. The van der Waals surface area contributed by atoms with Crippen molar-refractivity contribution >= 4 is 5.97 Å². The second-order valence-corrected chi connectivity index (χ2v) is 3.87. The van der Waals surface area contributed by atoms with Gasteiger partial charge in [-0.05, 0) is 12.3 Å². The highest BCUT2D eigenvalue weighted by Crippen LogP contribution is 2.35. The van der Waals surface area contributed by atoms with Gasteiger partial charge in [-0.2, -0.15) is 0 Å². The minimum atomic E-state index is -1.78. The zero-order valence-corrected chi connectivity index (χ0v) is 7.75. The number of carbonyl (C=O) groups is 1. The van der Waals surface area contributed by atoms with E-state index in [4.69, 9.17) is 5.11 Å². The molecule has 14 heavy (non-hydrogen) atoms. The molecule has 1 saturated carbocycles. The molecule has 80 valence electrons. The van der Waals surface area contributed by atoms with Crippen LogP contribution in [-0.2, 0) is 4.79 Å². The molecule has 0 bridgehead atoms. The molecular weight excluding hydrogens is 190 g/mol. The van der Waals surface area contributed by atoms with Crippen LogP contribution in [0.4, 0.5) is 0 Å². The van der Waals surface area contributed by atoms with Gasteiger partial charge in [-0.3, -0.25) is 0 Å². The molecule has 3 N–H and O–H groups in total. The van der Waals surface area contributed by atoms with Crippen molar-refractivity contribution in [2.75, 3.05) is 0 Å². The van der Waals surface area contributed by atoms with E-state index >= 15 is 0 Å². The summed E-state index contributed by atoms with van der Waals surface area (Å²) in [5, 5.41) is 30.1. The van der Waals surface area contributed by atoms with Crippen LogP contribution in [0.15, 0.2) is 5.18 Å². The van der Waals surface area contributed by atoms with Gasteiger partial charge in [0.15, 0.2) is 0 Å². The molecule has 0 spiro atoms. The van der Waals surface area contributed by atoms with Crippen molar-refractivity contribution < 1.29 is 20.1 Å². The topological polar surface area (TPSA) is 107 Å². The summed E-state index contributed by atoms with van der Waals surface area (Å²) in [5.41, 5.74) is -1.78. The number of carboxylic acid groups (broad SMARTS) is 1. The zero-order chi connectivity index (χ0) is 10.9. The summed E-state index contributed by atoms with van der Waals surface area (Å²) >= 11 is 0. The summed E-state index contributed by atoms with van der Waals surface area (Å²) in [6.45, 7) is 1.58. The average Bonchev–Trinajstić information content (AvgIpc) is 2.13. The van der Waals surface area contributed by atoms with Gasteiger partial charge in [0.1, 0.15) is 0 Å². The number of nitroso groups, excluding NO2 is 1. The van der Waals surface area contributed by atoms with E-state index in [0.717, 1.165) is 0 Å². The third kappa shape index (κ3) is 1.62. The Hall–Kier alpha value is -1.01. The standard InChI is InChI=1S/C8H13NO5/c1-4-2-8(9-14,7(12)13)3-5(10)6(4)11/h4-6,10-11H,2-3H2,1H3,(H,12,13). The first-order valence-electron chi connectivity index (χ1n) is 4.37. The van der Waals surface area contributed by atoms with Crippen LogP contribution in [0.1, 0.15) is 19.8 Å². The number of carboxylic acids is 1. The van der Waals surface area contributed by atoms with Crippen LogP contribution in [0.5, 0.6) is 0 Å². The SMILES string of the molecule is CC1CC(N=O)(C(=O)O)CC(O)C1O. The maximum Gasteiger partial charge on any atom is 0.335 e. The second kappa shape index (κ2) is 3.62. The zero-order valence-electron chi connectivity index (χ0n) is 7.75. The number of hydrogen-bond donors (Lipinski definition) is 3. The third-order valence-electron chi connectivity index (χ3n) is 2.76. The lowest BCUT2D eigenvalue weighted by Gasteiger charge is -2.37. The van der Waals surface area contributed by atoms with Gasteiger partial charge in [0.05, 0.1) is 12.2 Å². The first-order valence-corrected chi connectivity index (χ1v) is 4.37. The van der Waals surface area contributed by atoms with Crippen LogP contribution >= 0.6 is 0 Å². The molecule has 6 heteroatoms. The van der Waals surface area contributed by atoms with Crippen LogP contribution in [0.3, 0.4) is 0 Å². The van der Waals surface area contributed by atoms with Gasteiger partial charge in [0.2, 0.25) is 5.54 Å². The molecule has 0 saturated heterocycles. The fourth-order valence-corrected chi connectivity index (χ4v) is 1.87. The molecule has 0 heterocycles. The van der Waals surface area contributed by atoms with Crippen LogP contribution in [-0.4, -0.2) is 39.0 Å². The number of aliphatic hydroxyl groups is 2. The maximum absolute atomic E-state index is 10.8. The highest BCUT2D eigenvalue weighted by atomic mass is 16.4. The van der Waals surface area contributed by atoms with E-state index in [1.165, 1.54) is 0 Å². The molecule has 1 rings (SSSR count). The first-order chi connectivity index (χ1) is 6.43. The summed E-state index contributed by atoms with van der Waals surface area (Å²) in [4.78, 5) is 21.3. The van der Waals surface area contributed by atoms with Crippen molar-refractivity contribution in [2.24, 2.45) is 11.1 Å². The molecular formula is C8H13NO5. The Bertz CT molecular complexity index is 242. The molecule has 6 nitrogen and oxygen atoms in total. The Morgan fingerprint density at radius 2 is 2.00 bits per heavy atom. The van der Waals surface area contributed by atoms with E-state index < -0.39 is 29.6 Å². The molecule has 0 amide bonds. The molecule has 1 aliphatic carbocycles. The van der Waals surface area contributed by atoms with Crippen LogP contribution < -0.4 is 0 Å². The summed E-state index contributed by atoms with van der Waals surface area (Å²) in [6.07, 6.45) is -2.54. The van der Waals surface area contributed by atoms with Gasteiger partial charge in [0.25, 0.3) is 0 Å². The van der Waals surface area contributed by atoms with Gasteiger partial charge in [-0.15, -0.1) is 4.91 Å². The van der Waals surface area contributed by atoms with Crippen LogP contribution in [0, 0.1) is 10.8 Å². The molecule has 4 atom stereocenters. The lowest BCUT2D eigenvalue weighted by molar-refractivity contribution is -0.151. The van der Waals surface area contributed by atoms with Gasteiger partial charge < -0.3 is 15.3 Å². The molecule has 0 radical (unpaired) electrons. The minimum Gasteiger partial charge on any atom is -0.479 e. The predicted octanol–water partition coefficient (Wildman–Crippen LogP) is -0.272. The number of rotatable bonds is 2. The Labute approximate surface area is 80.5 Å². The van der Waals surface area contributed by atoms with Crippen molar-refractivity contribution in [1.82, 2.24) is 0 Å². The Balaban J connectivity index is 2.92. The van der Waals surface area contributed by atoms with Gasteiger partial charge in [-0.25, -0.2) is 4.79 Å². The van der Waals surface area contributed by atoms with E-state index in [1.54, 1.807) is 6.92 Å². The number of nitrogens with zero attached hydrogens (tertiary/aromatic N) is 1. The Kier molecular flexibility index (Phi) is 2.86. The predicted molar refractivity (Wildman–Crippen MR) is 46.6 cm³/mol. The van der Waals surface area contributed by atoms with E-state index in [1.807, 2.05) is 0 Å². The van der Waals surface area contributed by atoms with Gasteiger partial charge in [-0.1, -0.05) is 12.1 Å². The monoisotopic (exact) mass is 203 g/mol. The normalized spacial score (nSPS) is 43.2. The summed E-state index contributed by atoms with van der Waals surface area (Å²) in [6, 6.07) is 0. The van der Waals surface area contributed by atoms with Gasteiger partial charge in [0, 0.05) is 6.42 Å². The minimum absolute atomic E-state index is 0.0376. The summed E-state index contributed by atoms with van der Waals surface area (Å²) < 4.78 is 0. The van der Waals surface area contributed by atoms with E-state index in [-0.39, 0.29) is 12.8 Å². The quantitative estimate of drug-likeness (QED) is 0.535. The molecule has 1 fully saturated rings. The van der Waals surface area contributed by atoms with E-state index in [0.29, 0.717) is 0 Å². The fourth-order valence-electron chi connectivity index (χ4n) is 1.87. The molecule has 0 aromatic heterocycles. The van der Waals surface area contributed by atoms with Crippen molar-refractivity contribution in [3.63, 3.8) is 0 Å². The number of aliphatic hydroxyl groups excluding tert-OH is 2. The van der Waals surface area contributed by atoms with Crippen molar-refractivity contribution in [2.45, 2.75) is 37.5 Å². The van der Waals surface area contributed by atoms with Gasteiger partial charge >= 0.3 is 5.97 Å². The van der Waals surface area contributed by atoms with E-state index in [2.05, 4.69) is 5.18 Å². The molecule has 4 unspecified atom stereocenters. The van der Waals surface area contributed by atoms with Crippen LogP contribution in [0.25, 0.3) is 0 Å². The number of hydrogen-bond acceptors (Lipinski definition) is 5. The lowest BCUT2D eigenvalue weighted by atomic mass is 9.74. The Morgan fingerprint density at radius 1 is 1.43 bits per heavy atom. The second-order valence-electron chi connectivity index (χ2n) is 3.87. The lowest BCUT2D eigenvalue weighted by Crippen LogP contribution is -2.51. The summed E-state index contributed by atoms with van der Waals surface area (Å²) in [7, 11) is 0. The van der Waals surface area contributed by atoms with Crippen LogP contribution in [0.2, 0.25) is 0 Å². The highest BCUT2D eigenvalue weighted by Gasteiger charge is 2.50. The fraction of sp³-hybridized carbons (Fsp3) is 0.875. The molecule has 0 aliphatic heterocycles. The first kappa shape index (κ1) is 11.1. The Morgan fingerprint density at radius 3 is 2.36 bits per heavy atom. The molecule has 0 aromatic rings. The summed E-state index contributed by atoms with van der Waals surface area (Å²) in [5.74, 6) is -1.79. The maximum atomic E-state index is 10.8. The van der Waals surface area contributed by atoms with Crippen molar-refractivity contribution in [3.05, 3.63) is 4.91 Å². The van der Waals surface area contributed by atoms with Crippen molar-refractivity contribution in [1.29, 1.82) is 0 Å². The highest BCUT2D eigenvalue weighted by molar-refractivity contribution is 5.79. The molecule has 0 aromatic carbocycles. The number of aliphatic carboxylic acids is 1. The van der Waals surface area contributed by atoms with Crippen molar-refractivity contribution in [3.8, 4) is 0 Å². The smallest absolute Gasteiger partial charge is 0.335 e.